The fourth-order valence-corrected chi connectivity index (χ4v) is 4.05. The van der Waals surface area contributed by atoms with Crippen molar-refractivity contribution in [3.8, 4) is 22.3 Å². The van der Waals surface area contributed by atoms with Crippen molar-refractivity contribution < 1.29 is 31.9 Å². The number of aliphatic hydroxyl groups is 1. The Morgan fingerprint density at radius 2 is 1.84 bits per heavy atom. The number of nitrogens with one attached hydrogen (secondary N) is 1. The molecule has 12 heteroatoms. The molecular formula is C26H22F5N5O2. The van der Waals surface area contributed by atoms with Gasteiger partial charge in [-0.1, -0.05) is 12.1 Å². The monoisotopic (exact) mass is 531 g/mol. The van der Waals surface area contributed by atoms with Crippen LogP contribution >= 0.6 is 0 Å². The number of anilines is 1. The fraction of sp³-hybridized carbons (Fsp3) is 0.192. The van der Waals surface area contributed by atoms with Gasteiger partial charge in [0.25, 0.3) is 5.91 Å². The Kier molecular flexibility index (Phi) is 7.72. The van der Waals surface area contributed by atoms with Crippen molar-refractivity contribution in [2.45, 2.75) is 26.2 Å². The van der Waals surface area contributed by atoms with Gasteiger partial charge in [-0.25, -0.2) is 22.8 Å². The lowest BCUT2D eigenvalue weighted by Crippen LogP contribution is -2.31. The molecule has 0 aliphatic carbocycles. The van der Waals surface area contributed by atoms with Gasteiger partial charge in [-0.2, -0.15) is 13.9 Å². The van der Waals surface area contributed by atoms with Gasteiger partial charge in [-0.3, -0.25) is 4.79 Å². The van der Waals surface area contributed by atoms with E-state index in [0.717, 1.165) is 18.2 Å². The summed E-state index contributed by atoms with van der Waals surface area (Å²) in [6, 6.07) is 7.41. The number of nitrogens with two attached hydrogens (primary N) is 1. The SMILES string of the molecule is Cc1c(-c2cnc(N)c(-c3ccc(C(=O)NC(CO)c4cc(F)cc(CF)c4)c(F)c3)c2)cnn1C(F)F. The van der Waals surface area contributed by atoms with Crippen LogP contribution in [0.4, 0.5) is 27.8 Å². The topological polar surface area (TPSA) is 106 Å². The van der Waals surface area contributed by atoms with Crippen LogP contribution < -0.4 is 11.1 Å². The standard InChI is InChI=1S/C26H22F5N5O2/c1-13-21(11-34-36(13)26(30)31)17-7-20(24(32)33-10-17)15-2-3-19(22(29)8-15)25(38)35-23(12-37)16-4-14(9-27)5-18(28)6-16/h2-8,10-11,23,26,37H,9,12H2,1H3,(H2,32,33)(H,35,38). The molecule has 0 bridgehead atoms. The van der Waals surface area contributed by atoms with E-state index in [1.54, 1.807) is 6.07 Å². The van der Waals surface area contributed by atoms with Gasteiger partial charge in [-0.05, 0) is 53.9 Å². The lowest BCUT2D eigenvalue weighted by molar-refractivity contribution is 0.0545. The number of hydrogen-bond donors (Lipinski definition) is 3. The summed E-state index contributed by atoms with van der Waals surface area (Å²) in [7, 11) is 0. The Bertz CT molecular complexity index is 1490. The Labute approximate surface area is 213 Å². The van der Waals surface area contributed by atoms with E-state index in [0.29, 0.717) is 21.4 Å². The van der Waals surface area contributed by atoms with Gasteiger partial charge in [0.05, 0.1) is 24.4 Å². The molecule has 2 heterocycles. The lowest BCUT2D eigenvalue weighted by atomic mass is 9.99. The number of aliphatic hydroxyl groups excluding tert-OH is 1. The molecule has 0 spiro atoms. The summed E-state index contributed by atoms with van der Waals surface area (Å²) in [4.78, 5) is 16.8. The third-order valence-corrected chi connectivity index (χ3v) is 6.01. The number of hydrogen-bond acceptors (Lipinski definition) is 5. The number of nitrogens with zero attached hydrogens (tertiary/aromatic N) is 3. The molecule has 2 aromatic heterocycles. The summed E-state index contributed by atoms with van der Waals surface area (Å²) in [6.45, 7) is -2.94. The highest BCUT2D eigenvalue weighted by Gasteiger charge is 2.21. The van der Waals surface area contributed by atoms with Gasteiger partial charge >= 0.3 is 6.55 Å². The van der Waals surface area contributed by atoms with Crippen molar-refractivity contribution in [1.82, 2.24) is 20.1 Å². The Morgan fingerprint density at radius 1 is 1.08 bits per heavy atom. The molecule has 38 heavy (non-hydrogen) atoms. The Balaban J connectivity index is 1.61. The van der Waals surface area contributed by atoms with Crippen molar-refractivity contribution >= 4 is 11.7 Å². The van der Waals surface area contributed by atoms with Gasteiger partial charge in [-0.15, -0.1) is 0 Å². The van der Waals surface area contributed by atoms with Crippen LogP contribution in [0, 0.1) is 18.6 Å². The van der Waals surface area contributed by atoms with Gasteiger partial charge in [0, 0.05) is 28.6 Å². The van der Waals surface area contributed by atoms with E-state index in [2.05, 4.69) is 15.4 Å². The van der Waals surface area contributed by atoms with E-state index in [4.69, 9.17) is 5.73 Å². The summed E-state index contributed by atoms with van der Waals surface area (Å²) < 4.78 is 68.6. The normalized spacial score (nSPS) is 12.1. The highest BCUT2D eigenvalue weighted by molar-refractivity contribution is 5.95. The smallest absolute Gasteiger partial charge is 0.333 e. The number of carbonyl (C=O) groups is 1. The second-order valence-electron chi connectivity index (χ2n) is 8.45. The van der Waals surface area contributed by atoms with E-state index in [1.165, 1.54) is 37.5 Å². The first-order valence-corrected chi connectivity index (χ1v) is 11.3. The minimum atomic E-state index is -2.82. The molecule has 0 radical (unpaired) electrons. The van der Waals surface area contributed by atoms with E-state index in [9.17, 15) is 27.5 Å². The van der Waals surface area contributed by atoms with Crippen molar-refractivity contribution in [3.05, 3.63) is 88.9 Å². The largest absolute Gasteiger partial charge is 0.394 e. The molecule has 198 valence electrons. The molecule has 0 fully saturated rings. The number of rotatable bonds is 8. The van der Waals surface area contributed by atoms with Crippen LogP contribution in [0.15, 0.2) is 54.9 Å². The Hall–Kier alpha value is -4.32. The number of alkyl halides is 3. The quantitative estimate of drug-likeness (QED) is 0.274. The average molecular weight is 531 g/mol. The first-order chi connectivity index (χ1) is 18.1. The van der Waals surface area contributed by atoms with Crippen LogP contribution in [0.25, 0.3) is 22.3 Å². The number of amides is 1. The average Bonchev–Trinajstić information content (AvgIpc) is 3.28. The molecular weight excluding hydrogens is 509 g/mol. The molecule has 7 nitrogen and oxygen atoms in total. The molecule has 1 unspecified atom stereocenters. The Morgan fingerprint density at radius 3 is 2.47 bits per heavy atom. The van der Waals surface area contributed by atoms with Crippen LogP contribution in [0.2, 0.25) is 0 Å². The predicted octanol–water partition coefficient (Wildman–Crippen LogP) is 5.11. The van der Waals surface area contributed by atoms with Crippen molar-refractivity contribution in [2.75, 3.05) is 12.3 Å². The fourth-order valence-electron chi connectivity index (χ4n) is 4.05. The third-order valence-electron chi connectivity index (χ3n) is 6.01. The van der Waals surface area contributed by atoms with Gasteiger partial charge in [0.2, 0.25) is 0 Å². The zero-order valence-electron chi connectivity index (χ0n) is 19.9. The molecule has 4 rings (SSSR count). The molecule has 2 aromatic carbocycles. The molecule has 0 saturated carbocycles. The van der Waals surface area contributed by atoms with Crippen LogP contribution in [0.3, 0.4) is 0 Å². The maximum atomic E-state index is 15.0. The number of carbonyl (C=O) groups excluding carboxylic acids is 1. The highest BCUT2D eigenvalue weighted by Crippen LogP contribution is 2.32. The first-order valence-electron chi connectivity index (χ1n) is 11.3. The lowest BCUT2D eigenvalue weighted by Gasteiger charge is -2.18. The molecule has 0 aliphatic rings. The molecule has 0 saturated heterocycles. The van der Waals surface area contributed by atoms with E-state index >= 15 is 4.39 Å². The highest BCUT2D eigenvalue weighted by atomic mass is 19.3. The molecule has 1 atom stereocenters. The number of benzene rings is 2. The van der Waals surface area contributed by atoms with Crippen molar-refractivity contribution in [3.63, 3.8) is 0 Å². The van der Waals surface area contributed by atoms with Crippen molar-refractivity contribution in [2.24, 2.45) is 0 Å². The van der Waals surface area contributed by atoms with Crippen LogP contribution in [0.1, 0.15) is 39.8 Å². The van der Waals surface area contributed by atoms with Gasteiger partial charge in [0.15, 0.2) is 0 Å². The molecule has 0 aliphatic heterocycles. The summed E-state index contributed by atoms with van der Waals surface area (Å²) >= 11 is 0. The second-order valence-corrected chi connectivity index (χ2v) is 8.45. The first kappa shape index (κ1) is 26.7. The van der Waals surface area contributed by atoms with Crippen LogP contribution in [-0.4, -0.2) is 32.4 Å². The number of aromatic nitrogens is 3. The van der Waals surface area contributed by atoms with E-state index < -0.39 is 43.4 Å². The summed E-state index contributed by atoms with van der Waals surface area (Å²) in [5.41, 5.74) is 7.33. The molecule has 4 N–H and O–H groups in total. The summed E-state index contributed by atoms with van der Waals surface area (Å²) in [6.07, 6.45) is 2.64. The number of halogens is 5. The van der Waals surface area contributed by atoms with E-state index in [1.807, 2.05) is 0 Å². The zero-order chi connectivity index (χ0) is 27.6. The predicted molar refractivity (Wildman–Crippen MR) is 130 cm³/mol. The number of pyridine rings is 1. The van der Waals surface area contributed by atoms with Crippen molar-refractivity contribution in [1.29, 1.82) is 0 Å². The number of nitrogen functional groups attached to an aromatic ring is 1. The maximum Gasteiger partial charge on any atom is 0.333 e. The zero-order valence-corrected chi connectivity index (χ0v) is 19.9. The van der Waals surface area contributed by atoms with E-state index in [-0.39, 0.29) is 33.8 Å². The summed E-state index contributed by atoms with van der Waals surface area (Å²) in [5, 5.41) is 15.8. The minimum absolute atomic E-state index is 0.0217. The third kappa shape index (κ3) is 5.35. The van der Waals surface area contributed by atoms with Gasteiger partial charge in [0.1, 0.15) is 24.1 Å². The maximum absolute atomic E-state index is 15.0. The molecule has 1 amide bonds. The van der Waals surface area contributed by atoms with Crippen LogP contribution in [0.5, 0.6) is 0 Å². The minimum Gasteiger partial charge on any atom is -0.394 e. The summed E-state index contributed by atoms with van der Waals surface area (Å²) in [5.74, 6) is -2.52. The van der Waals surface area contributed by atoms with Crippen LogP contribution in [-0.2, 0) is 6.67 Å². The molecule has 4 aromatic rings. The van der Waals surface area contributed by atoms with Gasteiger partial charge < -0.3 is 16.2 Å². The second kappa shape index (κ2) is 11.0.